The Morgan fingerprint density at radius 1 is 0.970 bits per heavy atom. The fraction of sp³-hybridized carbons (Fsp3) is 0.333. The summed E-state index contributed by atoms with van der Waals surface area (Å²) < 4.78 is 61.7. The molecule has 176 valence electrons. The second kappa shape index (κ2) is 9.56. The summed E-state index contributed by atoms with van der Waals surface area (Å²) in [6.07, 6.45) is 1.32. The van der Waals surface area contributed by atoms with Gasteiger partial charge in [-0.05, 0) is 53.2 Å². The van der Waals surface area contributed by atoms with Gasteiger partial charge in [0.25, 0.3) is 0 Å². The summed E-state index contributed by atoms with van der Waals surface area (Å²) in [7, 11) is 1.38. The molecule has 1 N–H and O–H groups in total. The molecule has 0 saturated carbocycles. The van der Waals surface area contributed by atoms with Crippen LogP contribution in [-0.2, 0) is 5.41 Å². The molecule has 2 aromatic rings. The smallest absolute Gasteiger partial charge is 0.417 e. The summed E-state index contributed by atoms with van der Waals surface area (Å²) in [4.78, 5) is 0. The van der Waals surface area contributed by atoms with Crippen molar-refractivity contribution < 1.29 is 27.4 Å². The van der Waals surface area contributed by atoms with Gasteiger partial charge >= 0.3 is 6.18 Å². The second-order valence-corrected chi connectivity index (χ2v) is 8.98. The third kappa shape index (κ3) is 5.74. The van der Waals surface area contributed by atoms with E-state index in [0.717, 1.165) is 17.2 Å². The molecular weight excluding hydrogens is 432 g/mol. The Morgan fingerprint density at radius 3 is 2.30 bits per heavy atom. The average Bonchev–Trinajstić information content (AvgIpc) is 2.98. The molecule has 0 aliphatic heterocycles. The van der Waals surface area contributed by atoms with Crippen molar-refractivity contribution in [1.82, 2.24) is 0 Å². The van der Waals surface area contributed by atoms with Gasteiger partial charge in [0.1, 0.15) is 11.6 Å². The minimum atomic E-state index is -4.89. The first kappa shape index (κ1) is 24.8. The quantitative estimate of drug-likeness (QED) is 0.445. The van der Waals surface area contributed by atoms with E-state index in [9.17, 15) is 22.7 Å². The van der Waals surface area contributed by atoms with E-state index in [-0.39, 0.29) is 11.3 Å². The summed E-state index contributed by atoms with van der Waals surface area (Å²) in [6.45, 7) is 3.10. The number of halogens is 4. The Labute approximate surface area is 191 Å². The van der Waals surface area contributed by atoms with Crippen LogP contribution in [0, 0.1) is 5.82 Å². The van der Waals surface area contributed by atoms with Crippen molar-refractivity contribution in [2.45, 2.75) is 50.3 Å². The van der Waals surface area contributed by atoms with Crippen molar-refractivity contribution in [3.05, 3.63) is 95.4 Å². The van der Waals surface area contributed by atoms with E-state index < -0.39 is 35.9 Å². The van der Waals surface area contributed by atoms with Gasteiger partial charge in [0.05, 0.1) is 7.11 Å². The second-order valence-electron chi connectivity index (χ2n) is 8.98. The van der Waals surface area contributed by atoms with Crippen LogP contribution in [0.5, 0.6) is 5.75 Å². The lowest BCUT2D eigenvalue weighted by Crippen LogP contribution is -2.49. The highest BCUT2D eigenvalue weighted by Crippen LogP contribution is 2.46. The van der Waals surface area contributed by atoms with E-state index in [4.69, 9.17) is 4.74 Å². The predicted octanol–water partition coefficient (Wildman–Crippen LogP) is 7.16. The van der Waals surface area contributed by atoms with Gasteiger partial charge < -0.3 is 9.84 Å². The van der Waals surface area contributed by atoms with Gasteiger partial charge in [-0.3, -0.25) is 0 Å². The van der Waals surface area contributed by atoms with Gasteiger partial charge in [-0.15, -0.1) is 0 Å². The highest BCUT2D eigenvalue weighted by Gasteiger charge is 2.56. The molecule has 0 bridgehead atoms. The third-order valence-corrected chi connectivity index (χ3v) is 5.95. The van der Waals surface area contributed by atoms with Crippen molar-refractivity contribution in [1.29, 1.82) is 0 Å². The van der Waals surface area contributed by atoms with E-state index in [1.165, 1.54) is 19.2 Å². The summed E-state index contributed by atoms with van der Waals surface area (Å²) in [5, 5.41) is 11.0. The van der Waals surface area contributed by atoms with Gasteiger partial charge in [0.15, 0.2) is 5.60 Å². The molecule has 33 heavy (non-hydrogen) atoms. The lowest BCUT2D eigenvalue weighted by atomic mass is 9.72. The van der Waals surface area contributed by atoms with Gasteiger partial charge in [-0.1, -0.05) is 68.5 Å². The SMILES string of the molecule is COc1ccc(F)cc1C(C)(C)CC(O)(CC1=CCC=C(c2ccccc2)C=C1)C(F)(F)F. The van der Waals surface area contributed by atoms with Crippen molar-refractivity contribution in [3.63, 3.8) is 0 Å². The maximum atomic E-state index is 14.2. The number of ether oxygens (including phenoxy) is 1. The molecule has 0 radical (unpaired) electrons. The maximum Gasteiger partial charge on any atom is 0.417 e. The summed E-state index contributed by atoms with van der Waals surface area (Å²) in [5.74, 6) is -0.306. The first-order valence-corrected chi connectivity index (χ1v) is 10.7. The molecule has 2 nitrogen and oxygen atoms in total. The van der Waals surface area contributed by atoms with Crippen LogP contribution in [0.25, 0.3) is 5.57 Å². The molecule has 0 spiro atoms. The molecule has 1 aliphatic carbocycles. The first-order valence-electron chi connectivity index (χ1n) is 10.7. The molecule has 0 fully saturated rings. The lowest BCUT2D eigenvalue weighted by molar-refractivity contribution is -0.266. The van der Waals surface area contributed by atoms with Crippen LogP contribution >= 0.6 is 0 Å². The Hall–Kier alpha value is -2.86. The molecule has 0 heterocycles. The summed E-state index contributed by atoms with van der Waals surface area (Å²) in [5.41, 5.74) is -1.71. The van der Waals surface area contributed by atoms with Crippen molar-refractivity contribution in [2.24, 2.45) is 0 Å². The predicted molar refractivity (Wildman–Crippen MR) is 122 cm³/mol. The van der Waals surface area contributed by atoms with E-state index in [1.54, 1.807) is 32.1 Å². The molecule has 0 amide bonds. The zero-order valence-corrected chi connectivity index (χ0v) is 18.9. The molecular formula is C27H28F4O2. The number of hydrogen-bond acceptors (Lipinski definition) is 2. The molecule has 1 unspecified atom stereocenters. The highest BCUT2D eigenvalue weighted by molar-refractivity contribution is 5.75. The molecule has 2 aromatic carbocycles. The normalized spacial score (nSPS) is 16.5. The Bertz CT molecular complexity index is 1070. The maximum absolute atomic E-state index is 14.2. The van der Waals surface area contributed by atoms with Gasteiger partial charge in [0, 0.05) is 12.0 Å². The van der Waals surface area contributed by atoms with E-state index in [2.05, 4.69) is 0 Å². The van der Waals surface area contributed by atoms with E-state index in [1.807, 2.05) is 36.4 Å². The zero-order chi connectivity index (χ0) is 24.3. The Kier molecular flexibility index (Phi) is 7.17. The fourth-order valence-corrected chi connectivity index (χ4v) is 4.28. The average molecular weight is 461 g/mol. The van der Waals surface area contributed by atoms with Gasteiger partial charge in [0.2, 0.25) is 0 Å². The number of methoxy groups -OCH3 is 1. The molecule has 1 aliphatic rings. The highest BCUT2D eigenvalue weighted by atomic mass is 19.4. The molecule has 1 atom stereocenters. The third-order valence-electron chi connectivity index (χ3n) is 5.95. The molecule has 6 heteroatoms. The van der Waals surface area contributed by atoms with Crippen LogP contribution < -0.4 is 4.74 Å². The molecule has 0 aromatic heterocycles. The van der Waals surface area contributed by atoms with Crippen LogP contribution in [0.15, 0.2) is 78.4 Å². The number of hydrogen-bond donors (Lipinski definition) is 1. The lowest BCUT2D eigenvalue weighted by Gasteiger charge is -2.38. The van der Waals surface area contributed by atoms with Crippen LogP contribution in [0.1, 0.15) is 44.2 Å². The van der Waals surface area contributed by atoms with Crippen molar-refractivity contribution in [2.75, 3.05) is 7.11 Å². The zero-order valence-electron chi connectivity index (χ0n) is 18.9. The Balaban J connectivity index is 1.88. The van der Waals surface area contributed by atoms with E-state index in [0.29, 0.717) is 12.0 Å². The standard InChI is InChI=1S/C27H28F4O2/c1-25(2,23-16-22(28)14-15-24(23)33-3)18-26(32,27(29,30)31)17-19-8-7-11-21(13-12-19)20-9-5-4-6-10-20/h4-6,8-16,32H,7,17-18H2,1-3H3. The van der Waals surface area contributed by atoms with Crippen LogP contribution in [0.3, 0.4) is 0 Å². The number of alkyl halides is 3. The monoisotopic (exact) mass is 460 g/mol. The van der Waals surface area contributed by atoms with Crippen LogP contribution in [0.4, 0.5) is 17.6 Å². The number of allylic oxidation sites excluding steroid dienone is 5. The van der Waals surface area contributed by atoms with Crippen LogP contribution in [0.2, 0.25) is 0 Å². The summed E-state index contributed by atoms with van der Waals surface area (Å²) in [6, 6.07) is 13.3. The summed E-state index contributed by atoms with van der Waals surface area (Å²) >= 11 is 0. The van der Waals surface area contributed by atoms with Crippen LogP contribution in [-0.4, -0.2) is 24.0 Å². The van der Waals surface area contributed by atoms with Gasteiger partial charge in [-0.2, -0.15) is 13.2 Å². The fourth-order valence-electron chi connectivity index (χ4n) is 4.28. The number of aliphatic hydroxyl groups is 1. The van der Waals surface area contributed by atoms with Gasteiger partial charge in [-0.25, -0.2) is 4.39 Å². The van der Waals surface area contributed by atoms with Crippen molar-refractivity contribution in [3.8, 4) is 5.75 Å². The Morgan fingerprint density at radius 2 is 1.67 bits per heavy atom. The number of rotatable bonds is 7. The first-order chi connectivity index (χ1) is 15.4. The van der Waals surface area contributed by atoms with Crippen molar-refractivity contribution >= 4 is 5.57 Å². The number of benzene rings is 2. The minimum absolute atomic E-state index is 0.270. The minimum Gasteiger partial charge on any atom is -0.496 e. The molecule has 3 rings (SSSR count). The molecule has 0 saturated heterocycles. The largest absolute Gasteiger partial charge is 0.496 e. The topological polar surface area (TPSA) is 29.5 Å². The van der Waals surface area contributed by atoms with E-state index >= 15 is 0 Å².